The highest BCUT2D eigenvalue weighted by molar-refractivity contribution is 5.76. The molecule has 35 heavy (non-hydrogen) atoms. The second-order valence-corrected chi connectivity index (χ2v) is 9.52. The zero-order valence-electron chi connectivity index (χ0n) is 22.1. The number of carbonyl (C=O) groups excluding carboxylic acids is 1. The van der Waals surface area contributed by atoms with Crippen LogP contribution >= 0.6 is 0 Å². The number of hydrogen-bond donors (Lipinski definition) is 3. The Labute approximate surface area is 225 Å². The number of pyridine rings is 1. The molecule has 0 fully saturated rings. The average Bonchev–Trinajstić information content (AvgIpc) is 2.85. The van der Waals surface area contributed by atoms with Gasteiger partial charge in [-0.1, -0.05) is 89.4 Å². The lowest BCUT2D eigenvalue weighted by atomic mass is 10.0. The summed E-state index contributed by atoms with van der Waals surface area (Å²) >= 11 is 0. The highest BCUT2D eigenvalue weighted by Gasteiger charge is 2.17. The van der Waals surface area contributed by atoms with Crippen LogP contribution in [-0.2, 0) is 11.3 Å². The van der Waals surface area contributed by atoms with E-state index in [4.69, 9.17) is 0 Å². The highest BCUT2D eigenvalue weighted by atomic mass is 79.9. The first-order valence-electron chi connectivity index (χ1n) is 13.9. The van der Waals surface area contributed by atoms with Crippen molar-refractivity contribution in [2.45, 2.75) is 128 Å². The van der Waals surface area contributed by atoms with Gasteiger partial charge in [-0.3, -0.25) is 4.79 Å². The number of carbonyl (C=O) groups is 1. The highest BCUT2D eigenvalue weighted by Crippen LogP contribution is 2.12. The number of aliphatic hydroxyl groups excluding tert-OH is 2. The van der Waals surface area contributed by atoms with E-state index in [9.17, 15) is 15.0 Å². The molecule has 0 radical (unpaired) electrons. The Hall–Kier alpha value is -1.24. The molecule has 0 aliphatic carbocycles. The summed E-state index contributed by atoms with van der Waals surface area (Å²) in [5.41, 5.74) is 0. The molecule has 0 spiro atoms. The fraction of sp³-hybridized carbons (Fsp3) is 0.724. The zero-order valence-corrected chi connectivity index (χ0v) is 23.6. The van der Waals surface area contributed by atoms with Gasteiger partial charge in [0.1, 0.15) is 6.54 Å². The molecule has 0 saturated carbocycles. The SMILES string of the molecule is CCCCCC(=O)N[C@@H](CO)[C@H](O)/C=C/CCCCCCCCCCCCC[n+]1ccccc1.[Br-]. The van der Waals surface area contributed by atoms with E-state index < -0.39 is 12.1 Å². The summed E-state index contributed by atoms with van der Waals surface area (Å²) in [6.07, 6.45) is 25.8. The van der Waals surface area contributed by atoms with E-state index in [0.717, 1.165) is 38.6 Å². The van der Waals surface area contributed by atoms with Crippen molar-refractivity contribution in [1.29, 1.82) is 0 Å². The molecule has 2 atom stereocenters. The molecule has 0 unspecified atom stereocenters. The number of nitrogens with zero attached hydrogens (tertiary/aromatic N) is 1. The molecule has 1 aromatic heterocycles. The normalized spacial score (nSPS) is 12.9. The van der Waals surface area contributed by atoms with Gasteiger partial charge in [-0.2, -0.15) is 0 Å². The number of aromatic nitrogens is 1. The molecule has 1 amide bonds. The van der Waals surface area contributed by atoms with Gasteiger partial charge >= 0.3 is 0 Å². The second kappa shape index (κ2) is 24.5. The number of amides is 1. The van der Waals surface area contributed by atoms with Gasteiger partial charge in [0.2, 0.25) is 5.91 Å². The molecular formula is C29H51BrN2O3. The zero-order chi connectivity index (χ0) is 24.7. The summed E-state index contributed by atoms with van der Waals surface area (Å²) in [4.78, 5) is 11.9. The maximum Gasteiger partial charge on any atom is 0.220 e. The third kappa shape index (κ3) is 19.6. The molecule has 1 rings (SSSR count). The third-order valence-corrected chi connectivity index (χ3v) is 6.36. The minimum atomic E-state index is -0.836. The lowest BCUT2D eigenvalue weighted by molar-refractivity contribution is -0.697. The van der Waals surface area contributed by atoms with Gasteiger partial charge in [-0.15, -0.1) is 0 Å². The van der Waals surface area contributed by atoms with Crippen LogP contribution in [0.1, 0.15) is 110 Å². The minimum Gasteiger partial charge on any atom is -1.00 e. The van der Waals surface area contributed by atoms with E-state index in [0.29, 0.717) is 6.42 Å². The minimum absolute atomic E-state index is 0. The lowest BCUT2D eigenvalue weighted by Gasteiger charge is -2.19. The van der Waals surface area contributed by atoms with E-state index in [-0.39, 0.29) is 29.5 Å². The summed E-state index contributed by atoms with van der Waals surface area (Å²) in [6.45, 7) is 2.98. The maximum atomic E-state index is 11.9. The number of rotatable bonds is 22. The Balaban J connectivity index is 0.0000116. The maximum absolute atomic E-state index is 11.9. The number of halogens is 1. The van der Waals surface area contributed by atoms with Crippen molar-refractivity contribution in [2.24, 2.45) is 0 Å². The Kier molecular flexibility index (Phi) is 23.6. The number of aliphatic hydroxyl groups is 2. The topological polar surface area (TPSA) is 73.4 Å². The van der Waals surface area contributed by atoms with Gasteiger partial charge in [0.25, 0.3) is 0 Å². The van der Waals surface area contributed by atoms with Crippen LogP contribution in [-0.4, -0.2) is 34.9 Å². The van der Waals surface area contributed by atoms with Crippen molar-refractivity contribution in [3.05, 3.63) is 42.7 Å². The quantitative estimate of drug-likeness (QED) is 0.117. The molecular weight excluding hydrogens is 504 g/mol. The van der Waals surface area contributed by atoms with E-state index in [1.165, 1.54) is 64.2 Å². The number of unbranched alkanes of at least 4 members (excludes halogenated alkanes) is 13. The molecule has 5 nitrogen and oxygen atoms in total. The summed E-state index contributed by atoms with van der Waals surface area (Å²) in [5, 5.41) is 22.4. The Morgan fingerprint density at radius 3 is 2.00 bits per heavy atom. The van der Waals surface area contributed by atoms with Crippen LogP contribution in [0.5, 0.6) is 0 Å². The first-order chi connectivity index (χ1) is 16.7. The van der Waals surface area contributed by atoms with Crippen LogP contribution in [0, 0.1) is 0 Å². The lowest BCUT2D eigenvalue weighted by Crippen LogP contribution is -3.00. The molecule has 202 valence electrons. The van der Waals surface area contributed by atoms with Crippen molar-refractivity contribution >= 4 is 5.91 Å². The Morgan fingerprint density at radius 1 is 0.857 bits per heavy atom. The van der Waals surface area contributed by atoms with Gasteiger partial charge in [0.05, 0.1) is 18.8 Å². The van der Waals surface area contributed by atoms with Crippen molar-refractivity contribution < 1.29 is 36.6 Å². The number of allylic oxidation sites excluding steroid dienone is 1. The summed E-state index contributed by atoms with van der Waals surface area (Å²) in [7, 11) is 0. The van der Waals surface area contributed by atoms with Crippen LogP contribution in [0.4, 0.5) is 0 Å². The van der Waals surface area contributed by atoms with Crippen molar-refractivity contribution in [2.75, 3.05) is 6.61 Å². The van der Waals surface area contributed by atoms with Crippen molar-refractivity contribution in [3.8, 4) is 0 Å². The smallest absolute Gasteiger partial charge is 0.220 e. The van der Waals surface area contributed by atoms with Crippen molar-refractivity contribution in [3.63, 3.8) is 0 Å². The predicted molar refractivity (Wildman–Crippen MR) is 140 cm³/mol. The summed E-state index contributed by atoms with van der Waals surface area (Å²) in [5.74, 6) is -0.0953. The second-order valence-electron chi connectivity index (χ2n) is 9.52. The first kappa shape index (κ1) is 33.8. The van der Waals surface area contributed by atoms with Gasteiger partial charge in [-0.05, 0) is 25.7 Å². The van der Waals surface area contributed by atoms with Gasteiger partial charge in [0.15, 0.2) is 12.4 Å². The van der Waals surface area contributed by atoms with E-state index in [2.05, 4.69) is 47.4 Å². The fourth-order valence-corrected chi connectivity index (χ4v) is 4.15. The van der Waals surface area contributed by atoms with Crippen LogP contribution in [0.25, 0.3) is 0 Å². The van der Waals surface area contributed by atoms with Crippen LogP contribution in [0.2, 0.25) is 0 Å². The molecule has 3 N–H and O–H groups in total. The standard InChI is InChI=1S/C29H50N2O3.BrH/c1-2-3-16-22-29(34)30-27(26-32)28(33)21-17-13-11-9-7-5-4-6-8-10-12-14-18-23-31-24-19-15-20-25-31;/h15,17,19-21,24-25,27-28,32-33H,2-14,16,18,22-23,26H2,1H3;1H/b21-17+;/t27-,28+;/m0./s1. The monoisotopic (exact) mass is 554 g/mol. The number of aryl methyl sites for hydroxylation is 1. The van der Waals surface area contributed by atoms with E-state index in [1.54, 1.807) is 6.08 Å². The molecule has 0 aliphatic rings. The van der Waals surface area contributed by atoms with Gasteiger partial charge in [0, 0.05) is 25.0 Å². The molecule has 6 heteroatoms. The fourth-order valence-electron chi connectivity index (χ4n) is 4.15. The number of nitrogens with one attached hydrogen (secondary N) is 1. The molecule has 1 heterocycles. The molecule has 0 aromatic carbocycles. The van der Waals surface area contributed by atoms with Gasteiger partial charge in [-0.25, -0.2) is 4.57 Å². The summed E-state index contributed by atoms with van der Waals surface area (Å²) < 4.78 is 2.26. The number of hydrogen-bond acceptors (Lipinski definition) is 3. The molecule has 0 aliphatic heterocycles. The summed E-state index contributed by atoms with van der Waals surface area (Å²) in [6, 6.07) is 5.63. The first-order valence-corrected chi connectivity index (χ1v) is 13.9. The van der Waals surface area contributed by atoms with Gasteiger partial charge < -0.3 is 32.5 Å². The molecule has 0 bridgehead atoms. The Bertz CT molecular complexity index is 628. The van der Waals surface area contributed by atoms with Crippen molar-refractivity contribution in [1.82, 2.24) is 5.32 Å². The predicted octanol–water partition coefficient (Wildman–Crippen LogP) is 2.63. The van der Waals surface area contributed by atoms with Crippen LogP contribution in [0.3, 0.4) is 0 Å². The Morgan fingerprint density at radius 2 is 1.43 bits per heavy atom. The van der Waals surface area contributed by atoms with Crippen LogP contribution in [0.15, 0.2) is 42.7 Å². The third-order valence-electron chi connectivity index (χ3n) is 6.36. The van der Waals surface area contributed by atoms with E-state index >= 15 is 0 Å². The van der Waals surface area contributed by atoms with E-state index in [1.807, 2.05) is 6.08 Å². The largest absolute Gasteiger partial charge is 1.00 e. The molecule has 1 aromatic rings. The van der Waals surface area contributed by atoms with Crippen LogP contribution < -0.4 is 26.9 Å². The molecule has 0 saturated heterocycles. The average molecular weight is 556 g/mol.